The topological polar surface area (TPSA) is 678 Å². The lowest BCUT2D eigenvalue weighted by Gasteiger charge is -2.42. The maximum absolute atomic E-state index is 16.9. The van der Waals surface area contributed by atoms with Gasteiger partial charge in [-0.1, -0.05) is 36.4 Å². The molecular formula is C84H92N8O35. The number of carbonyl (C=O) groups excluding carboxylic acids is 7. The Morgan fingerprint density at radius 2 is 0.984 bits per heavy atom. The number of phenolic OH excluding ortho intramolecular Hbond substituents is 4. The van der Waals surface area contributed by atoms with Crippen LogP contribution in [-0.2, 0) is 66.7 Å². The third-order valence-corrected chi connectivity index (χ3v) is 23.3. The molecule has 10 aliphatic heterocycles. The quantitative estimate of drug-likeness (QED) is 0.0582. The first-order chi connectivity index (χ1) is 60.4. The van der Waals surface area contributed by atoms with E-state index in [4.69, 9.17) is 68.3 Å². The van der Waals surface area contributed by atoms with Crippen molar-refractivity contribution in [3.63, 3.8) is 0 Å². The number of aliphatic hydroxyl groups excluding tert-OH is 12. The number of ether oxygens (including phenoxy) is 12. The number of carbonyl (C=O) groups is 7. The molecule has 28 atom stereocenters. The summed E-state index contributed by atoms with van der Waals surface area (Å²) in [6.45, 7) is 2.35. The van der Waals surface area contributed by atoms with Crippen molar-refractivity contribution in [2.45, 2.75) is 198 Å². The molecule has 4 fully saturated rings. The van der Waals surface area contributed by atoms with E-state index in [1.54, 1.807) is 0 Å². The highest BCUT2D eigenvalue weighted by Gasteiger charge is 2.52. The van der Waals surface area contributed by atoms with Gasteiger partial charge in [-0.25, -0.2) is 4.79 Å². The predicted molar refractivity (Wildman–Crippen MR) is 424 cm³/mol. The lowest BCUT2D eigenvalue weighted by molar-refractivity contribution is -0.318. The molecule has 1 unspecified atom stereocenters. The number of amides is 6. The van der Waals surface area contributed by atoms with E-state index >= 15 is 24.0 Å². The number of rotatable bonds is 11. The molecule has 0 spiro atoms. The average Bonchev–Trinajstić information content (AvgIpc) is 0.744. The average molecular weight is 1770 g/mol. The van der Waals surface area contributed by atoms with Gasteiger partial charge in [-0.05, 0) is 133 Å². The summed E-state index contributed by atoms with van der Waals surface area (Å²) in [6, 6.07) is 5.99. The Kier molecular flexibility index (Phi) is 25.9. The van der Waals surface area contributed by atoms with Crippen molar-refractivity contribution in [2.24, 2.45) is 11.5 Å². The molecule has 43 nitrogen and oxygen atoms in total. The minimum absolute atomic E-state index is 0.0198. The zero-order valence-electron chi connectivity index (χ0n) is 67.4. The number of fused-ring (bicyclic) bond motifs is 14. The molecule has 17 bridgehead atoms. The van der Waals surface area contributed by atoms with Crippen LogP contribution in [0.4, 0.5) is 0 Å². The van der Waals surface area contributed by atoms with Crippen LogP contribution in [0.15, 0.2) is 121 Å². The molecule has 26 N–H and O–H groups in total. The molecule has 0 aromatic heterocycles. The number of nitrogens with two attached hydrogens (primary N) is 2. The number of hydrogen-bond donors (Lipinski definition) is 24. The van der Waals surface area contributed by atoms with Crippen molar-refractivity contribution < 1.29 is 172 Å². The molecule has 10 aliphatic rings. The third kappa shape index (κ3) is 17.9. The van der Waals surface area contributed by atoms with Gasteiger partial charge in [-0.3, -0.25) is 28.8 Å². The summed E-state index contributed by atoms with van der Waals surface area (Å²) in [7, 11) is 0.901. The monoisotopic (exact) mass is 1770 g/mol. The zero-order valence-corrected chi connectivity index (χ0v) is 67.4. The van der Waals surface area contributed by atoms with Crippen molar-refractivity contribution in [3.05, 3.63) is 166 Å². The molecule has 678 valence electrons. The van der Waals surface area contributed by atoms with E-state index in [2.05, 4.69) is 31.9 Å². The fourth-order valence-corrected chi connectivity index (χ4v) is 16.0. The van der Waals surface area contributed by atoms with E-state index < -0.39 is 305 Å². The van der Waals surface area contributed by atoms with Crippen molar-refractivity contribution in [1.82, 2.24) is 31.9 Å². The van der Waals surface area contributed by atoms with Gasteiger partial charge in [0.15, 0.2) is 41.6 Å². The second-order valence-corrected chi connectivity index (χ2v) is 31.7. The van der Waals surface area contributed by atoms with Gasteiger partial charge in [-0.2, -0.15) is 0 Å². The highest BCUT2D eigenvalue weighted by molar-refractivity contribution is 6.00. The molecule has 0 radical (unpaired) electrons. The molecule has 43 heteroatoms. The Hall–Kier alpha value is -11.8. The van der Waals surface area contributed by atoms with Crippen LogP contribution in [0.1, 0.15) is 107 Å². The first-order valence-electron chi connectivity index (χ1n) is 40.0. The fraction of sp³-hybridized carbons (Fsp3) is 0.417. The van der Waals surface area contributed by atoms with Gasteiger partial charge in [0, 0.05) is 40.8 Å². The Labute approximate surface area is 718 Å². The summed E-state index contributed by atoms with van der Waals surface area (Å²) in [6.07, 6.45) is -37.1. The lowest BCUT2D eigenvalue weighted by Crippen LogP contribution is -2.61. The van der Waals surface area contributed by atoms with E-state index in [1.165, 1.54) is 81.4 Å². The normalized spacial score (nSPS) is 33.3. The molecule has 0 saturated carbocycles. The number of hydrogen-bond acceptors (Lipinski definition) is 37. The van der Waals surface area contributed by atoms with Crippen molar-refractivity contribution >= 4 is 41.4 Å². The van der Waals surface area contributed by atoms with E-state index in [9.17, 15) is 91.3 Å². The van der Waals surface area contributed by atoms with Crippen LogP contribution in [0.3, 0.4) is 0 Å². The smallest absolute Gasteiger partial charge is 0.333 e. The molecule has 10 heterocycles. The molecule has 0 aliphatic carbocycles. The number of esters is 1. The summed E-state index contributed by atoms with van der Waals surface area (Å²) < 4.78 is 74.0. The molecule has 127 heavy (non-hydrogen) atoms. The summed E-state index contributed by atoms with van der Waals surface area (Å²) >= 11 is 0. The third-order valence-electron chi connectivity index (χ3n) is 23.3. The maximum Gasteiger partial charge on any atom is 0.333 e. The Morgan fingerprint density at radius 3 is 1.62 bits per heavy atom. The van der Waals surface area contributed by atoms with Crippen LogP contribution in [0.5, 0.6) is 69.0 Å². The van der Waals surface area contributed by atoms with Crippen molar-refractivity contribution in [2.75, 3.05) is 20.3 Å². The van der Waals surface area contributed by atoms with Crippen molar-refractivity contribution in [1.29, 1.82) is 0 Å². The van der Waals surface area contributed by atoms with Crippen LogP contribution in [0.2, 0.25) is 0 Å². The highest BCUT2D eigenvalue weighted by atomic mass is 16.7. The number of nitrogens with one attached hydrogen (secondary N) is 6. The number of benzene rings is 7. The van der Waals surface area contributed by atoms with Gasteiger partial charge in [0.2, 0.25) is 53.8 Å². The minimum atomic E-state index is -2.46. The summed E-state index contributed by atoms with van der Waals surface area (Å²) in [5, 5.41) is 198. The van der Waals surface area contributed by atoms with E-state index in [0.717, 1.165) is 67.8 Å². The number of phenols is 4. The maximum atomic E-state index is 16.9. The van der Waals surface area contributed by atoms with Gasteiger partial charge in [0.1, 0.15) is 156 Å². The van der Waals surface area contributed by atoms with Crippen molar-refractivity contribution in [3.8, 4) is 80.1 Å². The molecule has 17 rings (SSSR count). The zero-order chi connectivity index (χ0) is 90.9. The van der Waals surface area contributed by atoms with Gasteiger partial charge in [-0.15, -0.1) is 0 Å². The summed E-state index contributed by atoms with van der Waals surface area (Å²) in [5.74, 6) is -16.2. The summed E-state index contributed by atoms with van der Waals surface area (Å²) in [5.41, 5.74) is 9.79. The van der Waals surface area contributed by atoms with E-state index in [1.807, 2.05) is 0 Å². The Bertz CT molecular complexity index is 5330. The fourth-order valence-electron chi connectivity index (χ4n) is 16.0. The van der Waals surface area contributed by atoms with Crippen LogP contribution in [0, 0.1) is 6.92 Å². The standard InChI is InChI=1S/C84H92N8O35/c1-28-45(97)18-35-20-46(28)122-47-19-33(9-16-44(47)96)55(86)75(109)91-60-64(100)31-5-11-38(12-6-31)120-49-21-36-22-50(74(49)127-84-72(108)69(105)66(102)52(125-84)27-117-82-70(106)67(103)63(99)30(3)119-82)121-39-13-7-32(8-14-39)73(126-53-25-42(85)62(98)29(2)118-53)61-80(114)90-59(81(115)116-4)41-23-37(94)24-48(123-83-71(107)68(104)65(101)51(26-93)124-83)54(41)40-17-34(10-15-43(40)95)56(76(110)92-61)87-78(112)58(36)88-77(111)57(35)89-79(60)113/h5-24,29-30,42,51-53,55-73,82-84,93-108H,25-27,85-86H2,1-4H3,(H,87,112)(H,88,111)(H,89,113)(H,90,114)(H,91,109)(H,92,110)/t29-,30+,42+,51-,52+,53?,55-,56+,57-,58+,59+,60+,61-,62-,63+,64+,65-,66+,67-,68+,69-,70-,71+,72+,73+,82-,83-,84-/m0/s1. The second-order valence-electron chi connectivity index (χ2n) is 31.7. The van der Waals surface area contributed by atoms with E-state index in [-0.39, 0.29) is 51.7 Å². The van der Waals surface area contributed by atoms with Crippen LogP contribution < -0.4 is 67.1 Å². The largest absolute Gasteiger partial charge is 0.508 e. The van der Waals surface area contributed by atoms with Gasteiger partial charge in [0.25, 0.3) is 0 Å². The number of aliphatic hydroxyl groups is 12. The summed E-state index contributed by atoms with van der Waals surface area (Å²) in [4.78, 5) is 111. The second kappa shape index (κ2) is 36.5. The van der Waals surface area contributed by atoms with Gasteiger partial charge >= 0.3 is 5.97 Å². The predicted octanol–water partition coefficient (Wildman–Crippen LogP) is -2.79. The molecule has 6 amide bonds. The van der Waals surface area contributed by atoms with Gasteiger partial charge < -0.3 is 182 Å². The van der Waals surface area contributed by atoms with Crippen LogP contribution in [0.25, 0.3) is 11.1 Å². The lowest BCUT2D eigenvalue weighted by atomic mass is 9.89. The minimum Gasteiger partial charge on any atom is -0.508 e. The van der Waals surface area contributed by atoms with Crippen LogP contribution >= 0.6 is 0 Å². The van der Waals surface area contributed by atoms with Gasteiger partial charge in [0.05, 0.1) is 38.6 Å². The van der Waals surface area contributed by atoms with Crippen LogP contribution in [-0.4, -0.2) is 272 Å². The molecular weight excluding hydrogens is 1680 g/mol. The number of aromatic hydroxyl groups is 4. The van der Waals surface area contributed by atoms with E-state index in [0.29, 0.717) is 0 Å². The first kappa shape index (κ1) is 90.0. The Balaban J connectivity index is 0.966. The number of methoxy groups -OCH3 is 1. The molecule has 4 saturated heterocycles. The molecule has 7 aromatic carbocycles. The molecule has 7 aromatic rings. The Morgan fingerprint density at radius 1 is 0.465 bits per heavy atom. The highest BCUT2D eigenvalue weighted by Crippen LogP contribution is 2.50. The first-order valence-corrected chi connectivity index (χ1v) is 40.0. The SMILES string of the molecule is COC(=O)[C@@H]1NC(=O)[C@H]2NC(=O)[C@H](NC(=O)[C@@H]3NC(=O)[C@H]4NC(=O)[C@H](NC(=O)[C@@H](N)c5ccc(O)c(c5)Oc5cc4cc(O)c5C)[C@H](O)c4ccc(cc4)Oc4cc3cc(c4O[C@@H]3O[C@H](CO[C@H]4O[C@H](C)[C@@H](O)[C@H](O)[C@@H]4O)[C@@H](O)[C@H](O)[C@H]3O)Oc3ccc(cc3)[C@H]2OC2C[C@@H](N)[C@@H](O)[C@H](C)O2)c2ccc(O)c(c2)-c2c(O[C@H]3O[C@@H](CO)[C@H](O)[C@@H](O)[C@H]3O)cc(O)cc21.